The average Bonchev–Trinajstić information content (AvgIpc) is 3.15. The van der Waals surface area contributed by atoms with Gasteiger partial charge in [0.25, 0.3) is 0 Å². The van der Waals surface area contributed by atoms with Crippen molar-refractivity contribution in [1.82, 2.24) is 5.32 Å². The molecule has 2 aromatic rings. The molecular weight excluding hydrogens is 556 g/mol. The van der Waals surface area contributed by atoms with Gasteiger partial charge in [-0.2, -0.15) is 0 Å². The Kier molecular flexibility index (Phi) is 13.4. The molecule has 2 atom stereocenters. The first-order valence-corrected chi connectivity index (χ1v) is 14.4. The van der Waals surface area contributed by atoms with Crippen molar-refractivity contribution in [2.45, 2.75) is 70.1 Å². The number of benzene rings is 2. The zero-order chi connectivity index (χ0) is 29.9. The molecule has 220 valence electrons. The maximum absolute atomic E-state index is 12.1. The molecule has 0 saturated carbocycles. The second-order valence-electron chi connectivity index (χ2n) is 10.8. The lowest BCUT2D eigenvalue weighted by atomic mass is 9.90. The summed E-state index contributed by atoms with van der Waals surface area (Å²) in [5.74, 6) is -2.66. The topological polar surface area (TPSA) is 156 Å². The normalized spacial score (nSPS) is 14.6. The first-order valence-electron chi connectivity index (χ1n) is 13.1. The molecule has 9 nitrogen and oxygen atoms in total. The van der Waals surface area contributed by atoms with Gasteiger partial charge in [0.1, 0.15) is 5.78 Å². The van der Waals surface area contributed by atoms with E-state index < -0.39 is 24.1 Å². The van der Waals surface area contributed by atoms with Gasteiger partial charge in [0.15, 0.2) is 12.2 Å². The number of aliphatic hydroxyl groups is 2. The Morgan fingerprint density at radius 1 is 0.975 bits per heavy atom. The van der Waals surface area contributed by atoms with Gasteiger partial charge in [-0.3, -0.25) is 4.79 Å². The van der Waals surface area contributed by atoms with E-state index in [-0.39, 0.29) is 5.41 Å². The summed E-state index contributed by atoms with van der Waals surface area (Å²) >= 11 is 8.14. The third-order valence-electron chi connectivity index (χ3n) is 6.23. The molecule has 6 N–H and O–H groups in total. The van der Waals surface area contributed by atoms with Crippen molar-refractivity contribution in [3.63, 3.8) is 0 Å². The third-order valence-corrected chi connectivity index (χ3v) is 7.62. The number of halogens is 1. The van der Waals surface area contributed by atoms with E-state index in [0.29, 0.717) is 18.0 Å². The van der Waals surface area contributed by atoms with E-state index in [1.54, 1.807) is 11.8 Å². The van der Waals surface area contributed by atoms with Crippen molar-refractivity contribution in [1.29, 1.82) is 0 Å². The van der Waals surface area contributed by atoms with Crippen LogP contribution in [0.2, 0.25) is 5.02 Å². The van der Waals surface area contributed by atoms with Crippen LogP contribution in [0.3, 0.4) is 0 Å². The van der Waals surface area contributed by atoms with Crippen LogP contribution in [0.4, 0.5) is 5.69 Å². The number of hydrogen-bond acceptors (Lipinski definition) is 8. The van der Waals surface area contributed by atoms with Gasteiger partial charge in [0, 0.05) is 17.9 Å². The van der Waals surface area contributed by atoms with E-state index >= 15 is 0 Å². The largest absolute Gasteiger partial charge is 0.479 e. The number of fused-ring (bicyclic) bond motifs is 1. The molecule has 1 aliphatic heterocycles. The second-order valence-corrected chi connectivity index (χ2v) is 12.2. The Hall–Kier alpha value is -2.63. The number of rotatable bonds is 11. The molecule has 0 aliphatic carbocycles. The van der Waals surface area contributed by atoms with Crippen molar-refractivity contribution in [2.75, 3.05) is 24.2 Å². The zero-order valence-corrected chi connectivity index (χ0v) is 24.6. The van der Waals surface area contributed by atoms with E-state index in [1.807, 2.05) is 6.07 Å². The Labute approximate surface area is 244 Å². The molecule has 11 heteroatoms. The van der Waals surface area contributed by atoms with E-state index in [1.165, 1.54) is 16.7 Å². The van der Waals surface area contributed by atoms with Gasteiger partial charge in [-0.25, -0.2) is 9.59 Å². The molecule has 0 aromatic heterocycles. The lowest BCUT2D eigenvalue weighted by Gasteiger charge is -2.17. The number of aliphatic carboxylic acids is 2. The summed E-state index contributed by atoms with van der Waals surface area (Å²) in [5, 5.41) is 40.3. The van der Waals surface area contributed by atoms with Crippen LogP contribution in [0.25, 0.3) is 0 Å². The van der Waals surface area contributed by atoms with E-state index in [4.69, 9.17) is 32.0 Å². The lowest BCUT2D eigenvalue weighted by molar-refractivity contribution is -0.165. The maximum Gasteiger partial charge on any atom is 0.335 e. The van der Waals surface area contributed by atoms with Crippen LogP contribution < -0.4 is 10.6 Å². The number of ketones is 1. The summed E-state index contributed by atoms with van der Waals surface area (Å²) in [4.78, 5) is 32.8. The fourth-order valence-electron chi connectivity index (χ4n) is 3.85. The Bertz CT molecular complexity index is 1130. The number of carboxylic acid groups (broad SMARTS) is 2. The molecule has 0 spiro atoms. The van der Waals surface area contributed by atoms with Crippen molar-refractivity contribution in [3.8, 4) is 0 Å². The Balaban J connectivity index is 0.000000478. The summed E-state index contributed by atoms with van der Waals surface area (Å²) in [6.45, 7) is 9.28. The molecule has 40 heavy (non-hydrogen) atoms. The Morgan fingerprint density at radius 2 is 1.57 bits per heavy atom. The molecule has 3 rings (SSSR count). The van der Waals surface area contributed by atoms with Crippen LogP contribution in [0.15, 0.2) is 41.3 Å². The number of aliphatic hydroxyl groups excluding tert-OH is 2. The standard InChI is InChI=1S/C25H33ClN2OS.C4H6O6/c1-25(2,3)13-10-20(29)17-30-21-7-4-18(5-8-21)16-28-24-22-12-15-27-14-11-19(22)6-9-23(24)26;5-1(3(7)8)2(6)4(9)10/h4-9,27-28H,10-17H2,1-3H3;1-2,5-6H,(H,7,8)(H,9,10)/t;1-,2-/m.1/s1. The van der Waals surface area contributed by atoms with Crippen LogP contribution in [0.1, 0.15) is 50.3 Å². The highest BCUT2D eigenvalue weighted by atomic mass is 35.5. The van der Waals surface area contributed by atoms with Crippen LogP contribution >= 0.6 is 23.4 Å². The van der Waals surface area contributed by atoms with E-state index in [9.17, 15) is 14.4 Å². The minimum atomic E-state index is -2.27. The van der Waals surface area contributed by atoms with Crippen molar-refractivity contribution in [2.24, 2.45) is 5.41 Å². The summed E-state index contributed by atoms with van der Waals surface area (Å²) in [6.07, 6.45) is -0.886. The quantitative estimate of drug-likeness (QED) is 0.210. The fourth-order valence-corrected chi connectivity index (χ4v) is 4.89. The molecular formula is C29H39ClN2O7S. The summed E-state index contributed by atoms with van der Waals surface area (Å²) in [7, 11) is 0. The van der Waals surface area contributed by atoms with Crippen LogP contribution in [0.5, 0.6) is 0 Å². The summed E-state index contributed by atoms with van der Waals surface area (Å²) < 4.78 is 0. The highest BCUT2D eigenvalue weighted by Gasteiger charge is 2.29. The van der Waals surface area contributed by atoms with E-state index in [0.717, 1.165) is 54.5 Å². The highest BCUT2D eigenvalue weighted by Crippen LogP contribution is 2.31. The first kappa shape index (κ1) is 33.6. The summed E-state index contributed by atoms with van der Waals surface area (Å²) in [6, 6.07) is 12.6. The second kappa shape index (κ2) is 16.0. The Morgan fingerprint density at radius 3 is 2.15 bits per heavy atom. The minimum absolute atomic E-state index is 0.214. The van der Waals surface area contributed by atoms with Crippen LogP contribution in [0, 0.1) is 5.41 Å². The predicted octanol–water partition coefficient (Wildman–Crippen LogP) is 4.01. The molecule has 0 fully saturated rings. The molecule has 0 bridgehead atoms. The molecule has 0 unspecified atom stereocenters. The zero-order valence-electron chi connectivity index (χ0n) is 23.1. The van der Waals surface area contributed by atoms with Crippen LogP contribution in [-0.2, 0) is 33.8 Å². The van der Waals surface area contributed by atoms with Gasteiger partial charge in [0.05, 0.1) is 16.5 Å². The van der Waals surface area contributed by atoms with Gasteiger partial charge in [-0.05, 0) is 72.7 Å². The number of nitrogens with one attached hydrogen (secondary N) is 2. The number of Topliss-reactive ketones (excluding diaryl/α,β-unsaturated/α-hetero) is 1. The highest BCUT2D eigenvalue weighted by molar-refractivity contribution is 8.00. The van der Waals surface area contributed by atoms with Crippen LogP contribution in [-0.4, -0.2) is 69.2 Å². The SMILES string of the molecule is CC(C)(C)CCC(=O)CSc1ccc(CNc2c(Cl)ccc3c2CCNCC3)cc1.O=C(O)[C@H](O)[C@@H](O)C(=O)O. The maximum atomic E-state index is 12.1. The number of thioether (sulfide) groups is 1. The smallest absolute Gasteiger partial charge is 0.335 e. The molecule has 0 radical (unpaired) electrons. The monoisotopic (exact) mass is 594 g/mol. The van der Waals surface area contributed by atoms with Crippen molar-refractivity contribution in [3.05, 3.63) is 58.1 Å². The number of carbonyl (C=O) groups is 3. The fraction of sp³-hybridized carbons (Fsp3) is 0.483. The van der Waals surface area contributed by atoms with Gasteiger partial charge < -0.3 is 31.1 Å². The number of carbonyl (C=O) groups excluding carboxylic acids is 1. The molecule has 0 saturated heterocycles. The third kappa shape index (κ3) is 11.5. The predicted molar refractivity (Wildman–Crippen MR) is 157 cm³/mol. The van der Waals surface area contributed by atoms with Gasteiger partial charge in [-0.1, -0.05) is 50.6 Å². The van der Waals surface area contributed by atoms with Crippen molar-refractivity contribution >= 4 is 46.8 Å². The van der Waals surface area contributed by atoms with Gasteiger partial charge in [-0.15, -0.1) is 11.8 Å². The van der Waals surface area contributed by atoms with E-state index in [2.05, 4.69) is 61.7 Å². The van der Waals surface area contributed by atoms with Crippen molar-refractivity contribution < 1.29 is 34.8 Å². The molecule has 2 aromatic carbocycles. The summed E-state index contributed by atoms with van der Waals surface area (Å²) in [5.41, 5.74) is 5.22. The molecule has 1 heterocycles. The van der Waals surface area contributed by atoms with Gasteiger partial charge >= 0.3 is 11.9 Å². The minimum Gasteiger partial charge on any atom is -0.479 e. The van der Waals surface area contributed by atoms with Gasteiger partial charge in [0.2, 0.25) is 0 Å². The number of carboxylic acids is 2. The average molecular weight is 595 g/mol. The molecule has 0 amide bonds. The number of anilines is 1. The lowest BCUT2D eigenvalue weighted by Crippen LogP contribution is -2.39. The number of hydrogen-bond donors (Lipinski definition) is 6. The molecule has 1 aliphatic rings. The first-order chi connectivity index (χ1) is 18.8.